The maximum absolute atomic E-state index is 14.3. The molecule has 0 aliphatic heterocycles. The van der Waals surface area contributed by atoms with E-state index in [-0.39, 0.29) is 17.6 Å². The van der Waals surface area contributed by atoms with Crippen molar-refractivity contribution in [1.82, 2.24) is 0 Å². The van der Waals surface area contributed by atoms with E-state index in [9.17, 15) is 14.3 Å². The van der Waals surface area contributed by atoms with Gasteiger partial charge in [0.15, 0.2) is 11.6 Å². The SMILES string of the molecule is CCOC(=O)C(C)C(c1ccc(I)c(O)c1F)C1CC1. The lowest BCUT2D eigenvalue weighted by atomic mass is 9.83. The Balaban J connectivity index is 2.34. The van der Waals surface area contributed by atoms with Gasteiger partial charge in [0.25, 0.3) is 0 Å². The van der Waals surface area contributed by atoms with Crippen molar-refractivity contribution in [3.63, 3.8) is 0 Å². The van der Waals surface area contributed by atoms with Crippen molar-refractivity contribution in [2.45, 2.75) is 32.6 Å². The number of phenols is 1. The molecule has 1 aliphatic carbocycles. The number of ether oxygens (including phenoxy) is 1. The van der Waals surface area contributed by atoms with Gasteiger partial charge in [-0.3, -0.25) is 4.79 Å². The summed E-state index contributed by atoms with van der Waals surface area (Å²) in [6.45, 7) is 3.85. The van der Waals surface area contributed by atoms with Crippen molar-refractivity contribution in [3.8, 4) is 5.75 Å². The highest BCUT2D eigenvalue weighted by Gasteiger charge is 2.41. The first-order valence-electron chi connectivity index (χ1n) is 6.80. The number of rotatable bonds is 5. The van der Waals surface area contributed by atoms with Gasteiger partial charge < -0.3 is 9.84 Å². The first-order valence-corrected chi connectivity index (χ1v) is 7.88. The van der Waals surface area contributed by atoms with Gasteiger partial charge in [0.1, 0.15) is 0 Å². The van der Waals surface area contributed by atoms with Crippen LogP contribution in [0, 0.1) is 21.2 Å². The maximum Gasteiger partial charge on any atom is 0.309 e. The number of carbonyl (C=O) groups excluding carboxylic acids is 1. The Labute approximate surface area is 131 Å². The number of esters is 1. The minimum Gasteiger partial charge on any atom is -0.504 e. The lowest BCUT2D eigenvalue weighted by Gasteiger charge is -2.23. The van der Waals surface area contributed by atoms with Gasteiger partial charge in [-0.1, -0.05) is 13.0 Å². The molecule has 1 saturated carbocycles. The number of aromatic hydroxyl groups is 1. The Hall–Kier alpha value is -0.850. The molecule has 1 aromatic carbocycles. The van der Waals surface area contributed by atoms with Crippen LogP contribution < -0.4 is 0 Å². The first-order chi connectivity index (χ1) is 9.47. The molecule has 0 spiro atoms. The van der Waals surface area contributed by atoms with Crippen LogP contribution in [-0.2, 0) is 9.53 Å². The van der Waals surface area contributed by atoms with Crippen LogP contribution in [0.15, 0.2) is 12.1 Å². The summed E-state index contributed by atoms with van der Waals surface area (Å²) in [5, 5.41) is 9.76. The molecule has 0 amide bonds. The third-order valence-electron chi connectivity index (χ3n) is 3.78. The Morgan fingerprint density at radius 3 is 2.75 bits per heavy atom. The summed E-state index contributed by atoms with van der Waals surface area (Å²) in [6.07, 6.45) is 1.97. The second-order valence-corrected chi connectivity index (χ2v) is 6.37. The van der Waals surface area contributed by atoms with Crippen molar-refractivity contribution in [1.29, 1.82) is 0 Å². The Bertz CT molecular complexity index is 514. The van der Waals surface area contributed by atoms with E-state index in [1.807, 2.05) is 22.6 Å². The van der Waals surface area contributed by atoms with Crippen LogP contribution in [0.5, 0.6) is 5.75 Å². The molecule has 2 unspecified atom stereocenters. The fourth-order valence-corrected chi connectivity index (χ4v) is 3.04. The molecule has 2 atom stereocenters. The molecule has 0 bridgehead atoms. The molecule has 1 fully saturated rings. The summed E-state index contributed by atoms with van der Waals surface area (Å²) in [5.74, 6) is -1.58. The number of benzene rings is 1. The largest absolute Gasteiger partial charge is 0.504 e. The average molecular weight is 392 g/mol. The zero-order chi connectivity index (χ0) is 14.9. The lowest BCUT2D eigenvalue weighted by Crippen LogP contribution is -2.24. The predicted octanol–water partition coefficient (Wildman–Crippen LogP) is 3.83. The quantitative estimate of drug-likeness (QED) is 0.612. The van der Waals surface area contributed by atoms with Crippen molar-refractivity contribution in [3.05, 3.63) is 27.1 Å². The molecule has 0 heterocycles. The normalized spacial score (nSPS) is 17.6. The van der Waals surface area contributed by atoms with Crippen LogP contribution >= 0.6 is 22.6 Å². The minimum absolute atomic E-state index is 0.225. The molecule has 20 heavy (non-hydrogen) atoms. The van der Waals surface area contributed by atoms with E-state index in [1.54, 1.807) is 26.0 Å². The molecule has 5 heteroatoms. The monoisotopic (exact) mass is 392 g/mol. The zero-order valence-corrected chi connectivity index (χ0v) is 13.7. The summed E-state index contributed by atoms with van der Waals surface area (Å²) >= 11 is 1.89. The average Bonchev–Trinajstić information content (AvgIpc) is 3.23. The van der Waals surface area contributed by atoms with Crippen LogP contribution in [0.1, 0.15) is 38.2 Å². The summed E-state index contributed by atoms with van der Waals surface area (Å²) in [7, 11) is 0. The van der Waals surface area contributed by atoms with Crippen molar-refractivity contribution in [2.24, 2.45) is 11.8 Å². The smallest absolute Gasteiger partial charge is 0.309 e. The van der Waals surface area contributed by atoms with Crippen LogP contribution in [0.3, 0.4) is 0 Å². The number of phenolic OH excluding ortho intramolecular Hbond substituents is 1. The fourth-order valence-electron chi connectivity index (χ4n) is 2.62. The topological polar surface area (TPSA) is 46.5 Å². The van der Waals surface area contributed by atoms with E-state index in [4.69, 9.17) is 4.74 Å². The van der Waals surface area contributed by atoms with Gasteiger partial charge in [-0.25, -0.2) is 4.39 Å². The molecule has 1 N–H and O–H groups in total. The lowest BCUT2D eigenvalue weighted by molar-refractivity contribution is -0.148. The third-order valence-corrected chi connectivity index (χ3v) is 4.65. The van der Waals surface area contributed by atoms with Crippen LogP contribution in [0.25, 0.3) is 0 Å². The van der Waals surface area contributed by atoms with E-state index >= 15 is 0 Å². The van der Waals surface area contributed by atoms with Gasteiger partial charge in [0.2, 0.25) is 0 Å². The standard InChI is InChI=1S/C15H18FIO3/c1-3-20-15(19)8(2)12(9-4-5-9)10-6-7-11(17)14(18)13(10)16/h6-9,12,18H,3-5H2,1-2H3. The molecule has 2 rings (SSSR count). The van der Waals surface area contributed by atoms with Gasteiger partial charge in [-0.05, 0) is 59.9 Å². The highest BCUT2D eigenvalue weighted by Crippen LogP contribution is 2.48. The highest BCUT2D eigenvalue weighted by molar-refractivity contribution is 14.1. The van der Waals surface area contributed by atoms with Gasteiger partial charge in [0.05, 0.1) is 16.1 Å². The molecule has 110 valence electrons. The molecule has 1 aromatic rings. The number of hydrogen-bond donors (Lipinski definition) is 1. The summed E-state index contributed by atoms with van der Waals surface area (Å²) < 4.78 is 19.8. The van der Waals surface area contributed by atoms with E-state index in [0.29, 0.717) is 21.7 Å². The Morgan fingerprint density at radius 2 is 2.20 bits per heavy atom. The van der Waals surface area contributed by atoms with Gasteiger partial charge in [-0.15, -0.1) is 0 Å². The number of hydrogen-bond acceptors (Lipinski definition) is 3. The van der Waals surface area contributed by atoms with Crippen molar-refractivity contribution in [2.75, 3.05) is 6.61 Å². The van der Waals surface area contributed by atoms with Crippen molar-refractivity contribution < 1.29 is 19.0 Å². The van der Waals surface area contributed by atoms with Crippen LogP contribution in [-0.4, -0.2) is 17.7 Å². The van der Waals surface area contributed by atoms with E-state index in [0.717, 1.165) is 12.8 Å². The molecular weight excluding hydrogens is 374 g/mol. The summed E-state index contributed by atoms with van der Waals surface area (Å²) in [4.78, 5) is 11.9. The molecule has 0 radical (unpaired) electrons. The zero-order valence-electron chi connectivity index (χ0n) is 11.5. The van der Waals surface area contributed by atoms with Crippen molar-refractivity contribution >= 4 is 28.6 Å². The summed E-state index contributed by atoms with van der Waals surface area (Å²) in [6, 6.07) is 3.36. The van der Waals surface area contributed by atoms with Crippen LogP contribution in [0.2, 0.25) is 0 Å². The van der Waals surface area contributed by atoms with Gasteiger partial charge in [0, 0.05) is 5.92 Å². The fraction of sp³-hybridized carbons (Fsp3) is 0.533. The maximum atomic E-state index is 14.3. The molecule has 0 aromatic heterocycles. The Kier molecular flexibility index (Phi) is 4.88. The summed E-state index contributed by atoms with van der Waals surface area (Å²) in [5.41, 5.74) is 0.422. The molecular formula is C15H18FIO3. The molecule has 0 saturated heterocycles. The second kappa shape index (κ2) is 6.28. The minimum atomic E-state index is -0.607. The third kappa shape index (κ3) is 3.07. The second-order valence-electron chi connectivity index (χ2n) is 5.20. The van der Waals surface area contributed by atoms with E-state index < -0.39 is 11.7 Å². The Morgan fingerprint density at radius 1 is 1.55 bits per heavy atom. The van der Waals surface area contributed by atoms with E-state index in [2.05, 4.69) is 0 Å². The van der Waals surface area contributed by atoms with Crippen LogP contribution in [0.4, 0.5) is 4.39 Å². The molecule has 1 aliphatic rings. The van der Waals surface area contributed by atoms with E-state index in [1.165, 1.54) is 0 Å². The molecule has 3 nitrogen and oxygen atoms in total. The predicted molar refractivity (Wildman–Crippen MR) is 82.0 cm³/mol. The number of carbonyl (C=O) groups is 1. The van der Waals surface area contributed by atoms with Gasteiger partial charge >= 0.3 is 5.97 Å². The van der Waals surface area contributed by atoms with Gasteiger partial charge in [-0.2, -0.15) is 0 Å². The first kappa shape index (κ1) is 15.5. The highest BCUT2D eigenvalue weighted by atomic mass is 127. The number of halogens is 2.